The van der Waals surface area contributed by atoms with Gasteiger partial charge >= 0.3 is 0 Å². The number of amides is 1. The van der Waals surface area contributed by atoms with Gasteiger partial charge in [0.05, 0.1) is 6.54 Å². The van der Waals surface area contributed by atoms with Gasteiger partial charge in [-0.3, -0.25) is 9.79 Å². The fraction of sp³-hybridized carbons (Fsp3) is 0.750. The second-order valence-electron chi connectivity index (χ2n) is 3.11. The van der Waals surface area contributed by atoms with Gasteiger partial charge in [-0.2, -0.15) is 0 Å². The number of guanidine groups is 1. The SMILES string of the molecule is CNC(=O)C(C)NC1=NCCN1C. The van der Waals surface area contributed by atoms with Gasteiger partial charge in [0.25, 0.3) is 0 Å². The van der Waals surface area contributed by atoms with Crippen molar-refractivity contribution in [3.05, 3.63) is 0 Å². The van der Waals surface area contributed by atoms with Crippen LogP contribution in [0.25, 0.3) is 0 Å². The number of rotatable bonds is 2. The van der Waals surface area contributed by atoms with E-state index in [0.29, 0.717) is 0 Å². The number of aliphatic imine (C=N–C) groups is 1. The molecule has 1 unspecified atom stereocenters. The van der Waals surface area contributed by atoms with Crippen molar-refractivity contribution < 1.29 is 4.79 Å². The second kappa shape index (κ2) is 4.11. The summed E-state index contributed by atoms with van der Waals surface area (Å²) in [6.45, 7) is 3.54. The van der Waals surface area contributed by atoms with Crippen LogP contribution in [0.4, 0.5) is 0 Å². The van der Waals surface area contributed by atoms with Crippen molar-refractivity contribution in [2.24, 2.45) is 4.99 Å². The van der Waals surface area contributed by atoms with Gasteiger partial charge in [-0.25, -0.2) is 0 Å². The lowest BCUT2D eigenvalue weighted by atomic mass is 10.3. The number of likely N-dealkylation sites (N-methyl/N-ethyl adjacent to an activating group) is 2. The summed E-state index contributed by atoms with van der Waals surface area (Å²) in [6.07, 6.45) is 0. The van der Waals surface area contributed by atoms with Crippen molar-refractivity contribution in [2.45, 2.75) is 13.0 Å². The van der Waals surface area contributed by atoms with Crippen LogP contribution in [-0.2, 0) is 4.79 Å². The normalized spacial score (nSPS) is 18.1. The lowest BCUT2D eigenvalue weighted by molar-refractivity contribution is -0.121. The Hall–Kier alpha value is -1.26. The van der Waals surface area contributed by atoms with E-state index in [1.165, 1.54) is 0 Å². The molecule has 1 rings (SSSR count). The van der Waals surface area contributed by atoms with E-state index in [2.05, 4.69) is 15.6 Å². The zero-order valence-electron chi connectivity index (χ0n) is 8.29. The highest BCUT2D eigenvalue weighted by molar-refractivity contribution is 5.89. The maximum atomic E-state index is 11.2. The standard InChI is InChI=1S/C8H16N4O/c1-6(7(13)9-2)11-8-10-4-5-12(8)3/h6H,4-5H2,1-3H3,(H,9,13)(H,10,11). The van der Waals surface area contributed by atoms with Crippen LogP contribution in [0.2, 0.25) is 0 Å². The average molecular weight is 184 g/mol. The summed E-state index contributed by atoms with van der Waals surface area (Å²) in [6, 6.07) is -0.232. The predicted molar refractivity (Wildman–Crippen MR) is 51.6 cm³/mol. The quantitative estimate of drug-likeness (QED) is 0.579. The number of carbonyl (C=O) groups is 1. The van der Waals surface area contributed by atoms with Gasteiger partial charge in [-0.1, -0.05) is 0 Å². The van der Waals surface area contributed by atoms with E-state index in [4.69, 9.17) is 0 Å². The summed E-state index contributed by atoms with van der Waals surface area (Å²) >= 11 is 0. The molecule has 0 saturated heterocycles. The van der Waals surface area contributed by atoms with Gasteiger partial charge in [0.2, 0.25) is 5.91 Å². The van der Waals surface area contributed by atoms with Crippen molar-refractivity contribution in [3.8, 4) is 0 Å². The molecule has 0 bridgehead atoms. The van der Waals surface area contributed by atoms with Crippen LogP contribution in [-0.4, -0.2) is 50.0 Å². The zero-order chi connectivity index (χ0) is 9.84. The fourth-order valence-electron chi connectivity index (χ4n) is 1.16. The molecular formula is C8H16N4O. The topological polar surface area (TPSA) is 56.7 Å². The van der Waals surface area contributed by atoms with Crippen molar-refractivity contribution in [1.82, 2.24) is 15.5 Å². The Morgan fingerprint density at radius 1 is 1.69 bits per heavy atom. The van der Waals surface area contributed by atoms with Crippen molar-refractivity contribution in [1.29, 1.82) is 0 Å². The highest BCUT2D eigenvalue weighted by Crippen LogP contribution is 1.96. The van der Waals surface area contributed by atoms with E-state index >= 15 is 0 Å². The van der Waals surface area contributed by atoms with Crippen molar-refractivity contribution in [3.63, 3.8) is 0 Å². The molecule has 1 aliphatic rings. The van der Waals surface area contributed by atoms with Gasteiger partial charge in [-0.15, -0.1) is 0 Å². The molecular weight excluding hydrogens is 168 g/mol. The minimum atomic E-state index is -0.232. The van der Waals surface area contributed by atoms with Crippen molar-refractivity contribution in [2.75, 3.05) is 27.2 Å². The third kappa shape index (κ3) is 2.34. The Bertz CT molecular complexity index is 226. The third-order valence-corrected chi connectivity index (χ3v) is 2.04. The molecule has 1 amide bonds. The second-order valence-corrected chi connectivity index (χ2v) is 3.11. The number of hydrogen-bond donors (Lipinski definition) is 2. The number of carbonyl (C=O) groups excluding carboxylic acids is 1. The number of nitrogens with one attached hydrogen (secondary N) is 2. The molecule has 1 atom stereocenters. The van der Waals surface area contributed by atoms with Gasteiger partial charge < -0.3 is 15.5 Å². The lowest BCUT2D eigenvalue weighted by Gasteiger charge is -2.19. The van der Waals surface area contributed by atoms with Crippen LogP contribution in [0.1, 0.15) is 6.92 Å². The Morgan fingerprint density at radius 3 is 2.85 bits per heavy atom. The largest absolute Gasteiger partial charge is 0.357 e. The van der Waals surface area contributed by atoms with Crippen LogP contribution in [0.5, 0.6) is 0 Å². The highest BCUT2D eigenvalue weighted by Gasteiger charge is 2.17. The molecule has 5 heteroatoms. The van der Waals surface area contributed by atoms with E-state index in [9.17, 15) is 4.79 Å². The van der Waals surface area contributed by atoms with Crippen LogP contribution < -0.4 is 10.6 Å². The maximum Gasteiger partial charge on any atom is 0.242 e. The summed E-state index contributed by atoms with van der Waals surface area (Å²) in [5, 5.41) is 5.62. The minimum absolute atomic E-state index is 0.0250. The molecule has 0 aliphatic carbocycles. The van der Waals surface area contributed by atoms with Crippen LogP contribution in [0.15, 0.2) is 4.99 Å². The van der Waals surface area contributed by atoms with Crippen molar-refractivity contribution >= 4 is 11.9 Å². The van der Waals surface area contributed by atoms with Gasteiger partial charge in [0.15, 0.2) is 5.96 Å². The van der Waals surface area contributed by atoms with Crippen LogP contribution in [0, 0.1) is 0 Å². The monoisotopic (exact) mass is 184 g/mol. The fourth-order valence-corrected chi connectivity index (χ4v) is 1.16. The Morgan fingerprint density at radius 2 is 2.38 bits per heavy atom. The molecule has 5 nitrogen and oxygen atoms in total. The summed E-state index contributed by atoms with van der Waals surface area (Å²) in [7, 11) is 3.58. The maximum absolute atomic E-state index is 11.2. The molecule has 1 heterocycles. The molecule has 0 aromatic rings. The van der Waals surface area contributed by atoms with Gasteiger partial charge in [-0.05, 0) is 6.92 Å². The van der Waals surface area contributed by atoms with Crippen LogP contribution >= 0.6 is 0 Å². The molecule has 74 valence electrons. The number of hydrogen-bond acceptors (Lipinski definition) is 4. The summed E-state index contributed by atoms with van der Waals surface area (Å²) in [4.78, 5) is 17.4. The zero-order valence-corrected chi connectivity index (χ0v) is 8.29. The number of nitrogens with zero attached hydrogens (tertiary/aromatic N) is 2. The summed E-state index contributed by atoms with van der Waals surface area (Å²) < 4.78 is 0. The first-order chi connectivity index (χ1) is 6.15. The molecule has 13 heavy (non-hydrogen) atoms. The Labute approximate surface area is 78.2 Å². The smallest absolute Gasteiger partial charge is 0.242 e. The Balaban J connectivity index is 2.44. The molecule has 1 aliphatic heterocycles. The first-order valence-electron chi connectivity index (χ1n) is 4.39. The first kappa shape index (κ1) is 9.83. The summed E-state index contributed by atoms with van der Waals surface area (Å²) in [5.41, 5.74) is 0. The molecule has 2 N–H and O–H groups in total. The highest BCUT2D eigenvalue weighted by atomic mass is 16.2. The molecule has 0 aromatic carbocycles. The Kier molecular flexibility index (Phi) is 3.11. The first-order valence-corrected chi connectivity index (χ1v) is 4.39. The molecule has 0 spiro atoms. The van der Waals surface area contributed by atoms with E-state index in [1.807, 2.05) is 18.9 Å². The molecule has 0 fully saturated rings. The van der Waals surface area contributed by atoms with Gasteiger partial charge in [0.1, 0.15) is 6.04 Å². The van der Waals surface area contributed by atoms with E-state index in [0.717, 1.165) is 19.0 Å². The average Bonchev–Trinajstić information content (AvgIpc) is 2.50. The summed E-state index contributed by atoms with van der Waals surface area (Å²) in [5.74, 6) is 0.777. The minimum Gasteiger partial charge on any atom is -0.357 e. The van der Waals surface area contributed by atoms with E-state index < -0.39 is 0 Å². The predicted octanol–water partition coefficient (Wildman–Crippen LogP) is -0.988. The molecule has 0 radical (unpaired) electrons. The van der Waals surface area contributed by atoms with E-state index in [-0.39, 0.29) is 11.9 Å². The lowest BCUT2D eigenvalue weighted by Crippen LogP contribution is -2.47. The molecule has 0 saturated carbocycles. The van der Waals surface area contributed by atoms with Crippen LogP contribution in [0.3, 0.4) is 0 Å². The molecule has 0 aromatic heterocycles. The van der Waals surface area contributed by atoms with E-state index in [1.54, 1.807) is 7.05 Å². The van der Waals surface area contributed by atoms with Gasteiger partial charge in [0, 0.05) is 20.6 Å². The third-order valence-electron chi connectivity index (χ3n) is 2.04.